The van der Waals surface area contributed by atoms with Gasteiger partial charge in [0.2, 0.25) is 5.91 Å². The zero-order chi connectivity index (χ0) is 14.6. The summed E-state index contributed by atoms with van der Waals surface area (Å²) in [7, 11) is 0. The molecule has 2 unspecified atom stereocenters. The number of rotatable bonds is 6. The van der Waals surface area contributed by atoms with Gasteiger partial charge in [-0.2, -0.15) is 0 Å². The fourth-order valence-electron chi connectivity index (χ4n) is 3.82. The van der Waals surface area contributed by atoms with Crippen molar-refractivity contribution in [3.8, 4) is 0 Å². The van der Waals surface area contributed by atoms with Crippen LogP contribution < -0.4 is 11.1 Å². The Kier molecular flexibility index (Phi) is 3.18. The normalized spacial score (nSPS) is 37.1. The zero-order valence-corrected chi connectivity index (χ0v) is 13.0. The van der Waals surface area contributed by atoms with E-state index in [-0.39, 0.29) is 17.4 Å². The fraction of sp³-hybridized carbons (Fsp3) is 0.938. The first-order chi connectivity index (χ1) is 9.36. The molecule has 1 amide bonds. The lowest BCUT2D eigenvalue weighted by Gasteiger charge is -2.57. The third-order valence-electron chi connectivity index (χ3n) is 6.17. The SMILES string of the molecule is CCOC1CC(N)(C(=O)NCC2(C3CC3)CC2)C1(C)C. The van der Waals surface area contributed by atoms with Crippen LogP contribution in [0.1, 0.15) is 52.9 Å². The van der Waals surface area contributed by atoms with Crippen LogP contribution in [0.3, 0.4) is 0 Å². The Morgan fingerprint density at radius 3 is 2.45 bits per heavy atom. The van der Waals surface area contributed by atoms with E-state index in [1.165, 1.54) is 25.7 Å². The quantitative estimate of drug-likeness (QED) is 0.780. The average molecular weight is 280 g/mol. The molecule has 2 atom stereocenters. The minimum atomic E-state index is -0.771. The molecule has 0 aromatic heterocycles. The van der Waals surface area contributed by atoms with Gasteiger partial charge in [-0.05, 0) is 43.9 Å². The summed E-state index contributed by atoms with van der Waals surface area (Å²) >= 11 is 0. The molecular formula is C16H28N2O2. The Labute approximate surface area is 121 Å². The molecule has 114 valence electrons. The Balaban J connectivity index is 1.57. The van der Waals surface area contributed by atoms with Gasteiger partial charge in [0.1, 0.15) is 5.54 Å². The van der Waals surface area contributed by atoms with Gasteiger partial charge >= 0.3 is 0 Å². The maximum Gasteiger partial charge on any atom is 0.240 e. The van der Waals surface area contributed by atoms with E-state index in [2.05, 4.69) is 5.32 Å². The van der Waals surface area contributed by atoms with E-state index in [4.69, 9.17) is 10.5 Å². The number of carbonyl (C=O) groups is 1. The molecule has 20 heavy (non-hydrogen) atoms. The van der Waals surface area contributed by atoms with Crippen molar-refractivity contribution in [3.63, 3.8) is 0 Å². The second kappa shape index (κ2) is 4.44. The molecule has 0 aromatic rings. The van der Waals surface area contributed by atoms with Crippen LogP contribution in [0.4, 0.5) is 0 Å². The van der Waals surface area contributed by atoms with Gasteiger partial charge in [-0.1, -0.05) is 13.8 Å². The third-order valence-corrected chi connectivity index (χ3v) is 6.17. The van der Waals surface area contributed by atoms with Gasteiger partial charge in [-0.3, -0.25) is 4.79 Å². The molecule has 3 fully saturated rings. The minimum Gasteiger partial charge on any atom is -0.378 e. The average Bonchev–Trinajstić information content (AvgIpc) is 3.27. The van der Waals surface area contributed by atoms with Crippen molar-refractivity contribution in [1.29, 1.82) is 0 Å². The standard InChI is InChI=1S/C16H28N2O2/c1-4-20-12-9-16(17,14(12,2)3)13(19)18-10-15(7-8-15)11-5-6-11/h11-12H,4-10,17H2,1-3H3,(H,18,19). The third kappa shape index (κ3) is 2.00. The van der Waals surface area contributed by atoms with Gasteiger partial charge in [0.25, 0.3) is 0 Å². The maximum atomic E-state index is 12.5. The number of nitrogens with two attached hydrogens (primary N) is 1. The second-order valence-corrected chi connectivity index (χ2v) is 7.66. The van der Waals surface area contributed by atoms with Crippen LogP contribution in [0.15, 0.2) is 0 Å². The molecule has 0 bridgehead atoms. The molecule has 3 N–H and O–H groups in total. The van der Waals surface area contributed by atoms with Crippen molar-refractivity contribution in [3.05, 3.63) is 0 Å². The summed E-state index contributed by atoms with van der Waals surface area (Å²) in [5.74, 6) is 0.882. The maximum absolute atomic E-state index is 12.5. The Morgan fingerprint density at radius 1 is 1.35 bits per heavy atom. The highest BCUT2D eigenvalue weighted by Crippen LogP contribution is 2.61. The lowest BCUT2D eigenvalue weighted by molar-refractivity contribution is -0.170. The van der Waals surface area contributed by atoms with E-state index in [0.717, 1.165) is 12.5 Å². The number of nitrogens with one attached hydrogen (secondary N) is 1. The molecule has 0 heterocycles. The molecular weight excluding hydrogens is 252 g/mol. The van der Waals surface area contributed by atoms with E-state index in [1.807, 2.05) is 20.8 Å². The van der Waals surface area contributed by atoms with Crippen LogP contribution in [0.2, 0.25) is 0 Å². The predicted octanol–water partition coefficient (Wildman–Crippen LogP) is 1.83. The Hall–Kier alpha value is -0.610. The zero-order valence-electron chi connectivity index (χ0n) is 13.0. The molecule has 0 saturated heterocycles. The summed E-state index contributed by atoms with van der Waals surface area (Å²) in [4.78, 5) is 12.5. The summed E-state index contributed by atoms with van der Waals surface area (Å²) in [5.41, 5.74) is 5.76. The summed E-state index contributed by atoms with van der Waals surface area (Å²) in [6, 6.07) is 0. The molecule has 3 rings (SSSR count). The highest BCUT2D eigenvalue weighted by Gasteiger charge is 2.63. The van der Waals surface area contributed by atoms with E-state index >= 15 is 0 Å². The van der Waals surface area contributed by atoms with Crippen molar-refractivity contribution in [2.75, 3.05) is 13.2 Å². The number of hydrogen-bond donors (Lipinski definition) is 2. The molecule has 0 radical (unpaired) electrons. The van der Waals surface area contributed by atoms with Gasteiger partial charge in [0, 0.05) is 25.0 Å². The summed E-state index contributed by atoms with van der Waals surface area (Å²) in [6.45, 7) is 7.58. The Morgan fingerprint density at radius 2 is 2.00 bits per heavy atom. The first kappa shape index (κ1) is 14.3. The number of carbonyl (C=O) groups excluding carboxylic acids is 1. The van der Waals surface area contributed by atoms with Gasteiger partial charge in [-0.15, -0.1) is 0 Å². The van der Waals surface area contributed by atoms with E-state index in [9.17, 15) is 4.79 Å². The molecule has 0 spiro atoms. The molecule has 0 aromatic carbocycles. The monoisotopic (exact) mass is 280 g/mol. The first-order valence-electron chi connectivity index (χ1n) is 8.04. The minimum absolute atomic E-state index is 0.0189. The molecule has 4 heteroatoms. The second-order valence-electron chi connectivity index (χ2n) is 7.66. The summed E-state index contributed by atoms with van der Waals surface area (Å²) in [6.07, 6.45) is 5.99. The van der Waals surface area contributed by atoms with Crippen LogP contribution in [0, 0.1) is 16.7 Å². The topological polar surface area (TPSA) is 64.3 Å². The molecule has 3 saturated carbocycles. The Bertz CT molecular complexity index is 413. The van der Waals surface area contributed by atoms with Crippen LogP contribution in [-0.2, 0) is 9.53 Å². The van der Waals surface area contributed by atoms with Crippen LogP contribution >= 0.6 is 0 Å². The number of ether oxygens (including phenoxy) is 1. The number of amides is 1. The van der Waals surface area contributed by atoms with Gasteiger partial charge in [0.05, 0.1) is 6.10 Å². The summed E-state index contributed by atoms with van der Waals surface area (Å²) < 4.78 is 5.68. The van der Waals surface area contributed by atoms with Crippen molar-refractivity contribution in [1.82, 2.24) is 5.32 Å². The van der Waals surface area contributed by atoms with Gasteiger partial charge in [-0.25, -0.2) is 0 Å². The largest absolute Gasteiger partial charge is 0.378 e. The molecule has 4 nitrogen and oxygen atoms in total. The van der Waals surface area contributed by atoms with Crippen molar-refractivity contribution in [2.24, 2.45) is 22.5 Å². The lowest BCUT2D eigenvalue weighted by Crippen LogP contribution is -2.76. The van der Waals surface area contributed by atoms with Crippen molar-refractivity contribution < 1.29 is 9.53 Å². The molecule has 0 aliphatic heterocycles. The van der Waals surface area contributed by atoms with Gasteiger partial charge in [0.15, 0.2) is 0 Å². The number of hydrogen-bond acceptors (Lipinski definition) is 3. The van der Waals surface area contributed by atoms with Gasteiger partial charge < -0.3 is 15.8 Å². The first-order valence-corrected chi connectivity index (χ1v) is 8.04. The smallest absolute Gasteiger partial charge is 0.240 e. The lowest BCUT2D eigenvalue weighted by atomic mass is 9.54. The van der Waals surface area contributed by atoms with Crippen LogP contribution in [-0.4, -0.2) is 30.7 Å². The highest BCUT2D eigenvalue weighted by atomic mass is 16.5. The highest BCUT2D eigenvalue weighted by molar-refractivity contribution is 5.88. The van der Waals surface area contributed by atoms with Crippen LogP contribution in [0.5, 0.6) is 0 Å². The predicted molar refractivity (Wildman–Crippen MR) is 78.1 cm³/mol. The molecule has 3 aliphatic carbocycles. The van der Waals surface area contributed by atoms with E-state index in [0.29, 0.717) is 18.4 Å². The van der Waals surface area contributed by atoms with E-state index < -0.39 is 5.54 Å². The van der Waals surface area contributed by atoms with E-state index in [1.54, 1.807) is 0 Å². The molecule has 3 aliphatic rings. The van der Waals surface area contributed by atoms with Crippen LogP contribution in [0.25, 0.3) is 0 Å². The van der Waals surface area contributed by atoms with Crippen molar-refractivity contribution in [2.45, 2.75) is 64.5 Å². The summed E-state index contributed by atoms with van der Waals surface area (Å²) in [5, 5.41) is 3.15. The fourth-order valence-corrected chi connectivity index (χ4v) is 3.82. The van der Waals surface area contributed by atoms with Crippen molar-refractivity contribution >= 4 is 5.91 Å².